The highest BCUT2D eigenvalue weighted by molar-refractivity contribution is 6.39. The molecule has 1 aliphatic carbocycles. The second kappa shape index (κ2) is 9.33. The molecule has 2 aromatic carbocycles. The van der Waals surface area contributed by atoms with Crippen molar-refractivity contribution < 1.29 is 18.7 Å². The second-order valence-electron chi connectivity index (χ2n) is 7.74. The first-order valence-electron chi connectivity index (χ1n) is 10.6. The summed E-state index contributed by atoms with van der Waals surface area (Å²) in [5.41, 5.74) is 3.90. The summed E-state index contributed by atoms with van der Waals surface area (Å²) < 4.78 is 10.9. The van der Waals surface area contributed by atoms with Crippen LogP contribution < -0.4 is 5.32 Å². The smallest absolute Gasteiger partial charge is 0.339 e. The van der Waals surface area contributed by atoms with Gasteiger partial charge >= 0.3 is 5.97 Å². The van der Waals surface area contributed by atoms with E-state index in [9.17, 15) is 9.59 Å². The minimum Gasteiger partial charge on any atom is -0.465 e. The Balaban J connectivity index is 1.43. The van der Waals surface area contributed by atoms with Crippen LogP contribution in [0.1, 0.15) is 33.8 Å². The number of carbonyl (C=O) groups excluding carboxylic acids is 2. The van der Waals surface area contributed by atoms with Gasteiger partial charge in [-0.05, 0) is 60.4 Å². The summed E-state index contributed by atoms with van der Waals surface area (Å²) in [6.07, 6.45) is 4.89. The number of nitrogens with zero attached hydrogens (tertiary/aromatic N) is 1. The Morgan fingerprint density at radius 3 is 2.59 bits per heavy atom. The number of benzene rings is 2. The van der Waals surface area contributed by atoms with Gasteiger partial charge in [0.25, 0.3) is 5.91 Å². The van der Waals surface area contributed by atoms with Gasteiger partial charge in [0.1, 0.15) is 5.76 Å². The third kappa shape index (κ3) is 4.30. The van der Waals surface area contributed by atoms with Crippen molar-refractivity contribution in [3.63, 3.8) is 0 Å². The van der Waals surface area contributed by atoms with Crippen LogP contribution in [0.5, 0.6) is 0 Å². The monoisotopic (exact) mass is 492 g/mol. The number of pyridine rings is 1. The van der Waals surface area contributed by atoms with E-state index in [4.69, 9.17) is 37.3 Å². The second-order valence-corrected chi connectivity index (χ2v) is 8.55. The van der Waals surface area contributed by atoms with Crippen molar-refractivity contribution in [3.8, 4) is 0 Å². The summed E-state index contributed by atoms with van der Waals surface area (Å²) in [6, 6.07) is 16.0. The number of para-hydroxylation sites is 2. The molecule has 6 nitrogen and oxygen atoms in total. The molecular weight excluding hydrogens is 475 g/mol. The Hall–Kier alpha value is -3.61. The largest absolute Gasteiger partial charge is 0.465 e. The minimum atomic E-state index is -0.588. The summed E-state index contributed by atoms with van der Waals surface area (Å²) >= 11 is 12.2. The molecule has 2 aromatic heterocycles. The lowest BCUT2D eigenvalue weighted by Crippen LogP contribution is -2.22. The molecule has 0 saturated heterocycles. The van der Waals surface area contributed by atoms with Crippen molar-refractivity contribution in [3.05, 3.63) is 93.5 Å². The van der Waals surface area contributed by atoms with E-state index in [0.717, 1.165) is 22.6 Å². The number of rotatable bonds is 5. The van der Waals surface area contributed by atoms with Crippen molar-refractivity contribution in [2.24, 2.45) is 0 Å². The van der Waals surface area contributed by atoms with E-state index < -0.39 is 18.5 Å². The number of fused-ring (bicyclic) bond motifs is 2. The molecule has 0 spiro atoms. The van der Waals surface area contributed by atoms with Gasteiger partial charge in [-0.15, -0.1) is 0 Å². The fourth-order valence-corrected chi connectivity index (χ4v) is 4.55. The zero-order valence-corrected chi connectivity index (χ0v) is 19.3. The number of hydrogen-bond acceptors (Lipinski definition) is 5. The van der Waals surface area contributed by atoms with Gasteiger partial charge in [-0.2, -0.15) is 0 Å². The van der Waals surface area contributed by atoms with Gasteiger partial charge < -0.3 is 14.5 Å². The van der Waals surface area contributed by atoms with E-state index in [1.54, 1.807) is 24.5 Å². The molecule has 1 aliphatic rings. The number of aromatic nitrogens is 1. The molecule has 0 bridgehead atoms. The third-order valence-electron chi connectivity index (χ3n) is 5.57. The van der Waals surface area contributed by atoms with Crippen LogP contribution in [-0.2, 0) is 16.0 Å². The van der Waals surface area contributed by atoms with Crippen LogP contribution >= 0.6 is 23.2 Å². The van der Waals surface area contributed by atoms with Crippen LogP contribution in [0.15, 0.2) is 65.3 Å². The van der Waals surface area contributed by atoms with Crippen molar-refractivity contribution >= 4 is 63.3 Å². The quantitative estimate of drug-likeness (QED) is 0.325. The minimum absolute atomic E-state index is 0.273. The number of allylic oxidation sites excluding steroid dienone is 1. The van der Waals surface area contributed by atoms with Crippen LogP contribution in [0, 0.1) is 0 Å². The van der Waals surface area contributed by atoms with Crippen LogP contribution in [0.4, 0.5) is 5.69 Å². The van der Waals surface area contributed by atoms with Crippen LogP contribution in [0.2, 0.25) is 10.0 Å². The van der Waals surface area contributed by atoms with Gasteiger partial charge in [-0.1, -0.05) is 47.5 Å². The van der Waals surface area contributed by atoms with Crippen LogP contribution in [-0.4, -0.2) is 23.5 Å². The van der Waals surface area contributed by atoms with E-state index in [-0.39, 0.29) is 5.69 Å². The predicted octanol–water partition coefficient (Wildman–Crippen LogP) is 6.42. The highest BCUT2D eigenvalue weighted by Gasteiger charge is 2.28. The number of hydrogen-bond donors (Lipinski definition) is 1. The highest BCUT2D eigenvalue weighted by Crippen LogP contribution is 2.38. The van der Waals surface area contributed by atoms with Crippen LogP contribution in [0.3, 0.4) is 0 Å². The lowest BCUT2D eigenvalue weighted by molar-refractivity contribution is -0.119. The maximum atomic E-state index is 13.2. The van der Waals surface area contributed by atoms with Gasteiger partial charge in [-0.3, -0.25) is 4.79 Å². The van der Waals surface area contributed by atoms with Crippen molar-refractivity contribution in [1.29, 1.82) is 0 Å². The number of carbonyl (C=O) groups is 2. The van der Waals surface area contributed by atoms with Crippen molar-refractivity contribution in [2.75, 3.05) is 11.9 Å². The average Bonchev–Trinajstić information content (AvgIpc) is 3.49. The predicted molar refractivity (Wildman–Crippen MR) is 132 cm³/mol. The summed E-state index contributed by atoms with van der Waals surface area (Å²) in [5, 5.41) is 3.86. The number of nitrogens with one attached hydrogen (secondary N) is 1. The fourth-order valence-electron chi connectivity index (χ4n) is 4.05. The standard InChI is InChI=1S/C26H18Cl2N2O4/c27-19-7-3-8-20(28)25(19)30-22(31)14-34-26(32)23-17-6-1-2-9-21(17)29-24-15(10-11-18(23)24)13-16-5-4-12-33-16/h1-9,12-13H,10-11,14H2,(H,30,31)/b15-13+. The Bertz CT molecular complexity index is 1420. The lowest BCUT2D eigenvalue weighted by Gasteiger charge is -2.13. The Labute approximate surface area is 205 Å². The SMILES string of the molecule is O=C(COC(=O)c1c2c(nc3ccccc13)/C(=C/c1ccco1)CC2)Nc1c(Cl)cccc1Cl. The molecule has 0 aliphatic heterocycles. The van der Waals surface area contributed by atoms with E-state index in [1.807, 2.05) is 42.5 Å². The number of ether oxygens (including phenoxy) is 1. The molecule has 1 N–H and O–H groups in total. The van der Waals surface area contributed by atoms with Crippen LogP contribution in [0.25, 0.3) is 22.6 Å². The molecule has 0 saturated carbocycles. The summed E-state index contributed by atoms with van der Waals surface area (Å²) in [4.78, 5) is 30.5. The van der Waals surface area contributed by atoms with Gasteiger partial charge in [0, 0.05) is 5.39 Å². The van der Waals surface area contributed by atoms with Gasteiger partial charge in [0.15, 0.2) is 6.61 Å². The van der Waals surface area contributed by atoms with E-state index >= 15 is 0 Å². The lowest BCUT2D eigenvalue weighted by atomic mass is 10.0. The van der Waals surface area contributed by atoms with Crippen molar-refractivity contribution in [2.45, 2.75) is 12.8 Å². The topological polar surface area (TPSA) is 81.4 Å². The summed E-state index contributed by atoms with van der Waals surface area (Å²) in [7, 11) is 0. The molecular formula is C26H18Cl2N2O4. The molecule has 1 amide bonds. The third-order valence-corrected chi connectivity index (χ3v) is 6.20. The molecule has 0 fully saturated rings. The molecule has 2 heterocycles. The zero-order valence-electron chi connectivity index (χ0n) is 17.8. The number of esters is 1. The molecule has 170 valence electrons. The maximum absolute atomic E-state index is 13.2. The molecule has 0 atom stereocenters. The van der Waals surface area contributed by atoms with E-state index in [2.05, 4.69) is 5.32 Å². The maximum Gasteiger partial charge on any atom is 0.339 e. The average molecular weight is 493 g/mol. The number of anilines is 1. The number of halogens is 2. The van der Waals surface area contributed by atoms with Gasteiger partial charge in [-0.25, -0.2) is 9.78 Å². The van der Waals surface area contributed by atoms with E-state index in [1.165, 1.54) is 0 Å². The number of furan rings is 1. The summed E-state index contributed by atoms with van der Waals surface area (Å²) in [6.45, 7) is -0.485. The molecule has 0 radical (unpaired) electrons. The normalized spacial score (nSPS) is 13.8. The van der Waals surface area contributed by atoms with Gasteiger partial charge in [0.05, 0.1) is 38.8 Å². The number of amides is 1. The Morgan fingerprint density at radius 1 is 1.03 bits per heavy atom. The fraction of sp³-hybridized carbons (Fsp3) is 0.115. The summed E-state index contributed by atoms with van der Waals surface area (Å²) in [5.74, 6) is -0.414. The first-order valence-corrected chi connectivity index (χ1v) is 11.3. The molecule has 5 rings (SSSR count). The highest BCUT2D eigenvalue weighted by atomic mass is 35.5. The van der Waals surface area contributed by atoms with Gasteiger partial charge in [0.2, 0.25) is 0 Å². The first kappa shape index (κ1) is 22.2. The first-order chi connectivity index (χ1) is 16.5. The Morgan fingerprint density at radius 2 is 1.82 bits per heavy atom. The molecule has 8 heteroatoms. The molecule has 4 aromatic rings. The van der Waals surface area contributed by atoms with E-state index in [0.29, 0.717) is 39.4 Å². The zero-order chi connectivity index (χ0) is 23.7. The Kier molecular flexibility index (Phi) is 6.09. The molecule has 34 heavy (non-hydrogen) atoms. The van der Waals surface area contributed by atoms with Crippen molar-refractivity contribution in [1.82, 2.24) is 4.98 Å². The molecule has 0 unspecified atom stereocenters.